The maximum Gasteiger partial charge on any atom is 0.345 e. The van der Waals surface area contributed by atoms with Gasteiger partial charge < -0.3 is 57.2 Å². The zero-order chi connectivity index (χ0) is 40.1. The molecule has 0 unspecified atom stereocenters. The smallest absolute Gasteiger partial charge is 0.345 e. The quantitative estimate of drug-likeness (QED) is 0.153. The van der Waals surface area contributed by atoms with Gasteiger partial charge in [0.1, 0.15) is 18.5 Å². The lowest BCUT2D eigenvalue weighted by molar-refractivity contribution is -0.392. The van der Waals surface area contributed by atoms with E-state index >= 15 is 0 Å². The molecular formula is C34H40O20. The minimum absolute atomic E-state index is 0.0560. The summed E-state index contributed by atoms with van der Waals surface area (Å²) in [6.07, 6.45) is -12.8. The highest BCUT2D eigenvalue weighted by molar-refractivity contribution is 5.87. The number of aliphatic hydroxyl groups is 1. The summed E-state index contributed by atoms with van der Waals surface area (Å²) in [5.74, 6) is -12.0. The number of rotatable bonds is 13. The molecular weight excluding hydrogens is 728 g/mol. The zero-order valence-electron chi connectivity index (χ0n) is 30.3. The van der Waals surface area contributed by atoms with Crippen LogP contribution < -0.4 is 4.74 Å². The molecule has 0 bridgehead atoms. The molecule has 20 heteroatoms. The summed E-state index contributed by atoms with van der Waals surface area (Å²) >= 11 is 0. The van der Waals surface area contributed by atoms with Crippen LogP contribution in [-0.4, -0.2) is 127 Å². The second kappa shape index (κ2) is 16.9. The average Bonchev–Trinajstić information content (AvgIpc) is 3.51. The van der Waals surface area contributed by atoms with Crippen molar-refractivity contribution in [3.63, 3.8) is 0 Å². The van der Waals surface area contributed by atoms with Crippen molar-refractivity contribution in [2.75, 3.05) is 20.3 Å². The Morgan fingerprint density at radius 2 is 1.37 bits per heavy atom. The van der Waals surface area contributed by atoms with Gasteiger partial charge in [-0.2, -0.15) is 0 Å². The third-order valence-electron chi connectivity index (χ3n) is 8.45. The number of methoxy groups -OCH3 is 1. The first-order chi connectivity index (χ1) is 25.3. The number of carbonyl (C=O) groups is 8. The molecule has 3 saturated heterocycles. The zero-order valence-corrected chi connectivity index (χ0v) is 30.3. The van der Waals surface area contributed by atoms with Crippen molar-refractivity contribution in [1.29, 1.82) is 0 Å². The summed E-state index contributed by atoms with van der Waals surface area (Å²) in [5.41, 5.74) is -3.02. The van der Waals surface area contributed by atoms with Crippen molar-refractivity contribution < 1.29 is 95.6 Å². The first kappa shape index (κ1) is 41.6. The summed E-state index contributed by atoms with van der Waals surface area (Å²) in [5, 5.41) is 12.8. The topological polar surface area (TPSA) is 258 Å². The van der Waals surface area contributed by atoms with Crippen LogP contribution >= 0.6 is 0 Å². The molecule has 1 N–H and O–H groups in total. The molecule has 54 heavy (non-hydrogen) atoms. The van der Waals surface area contributed by atoms with Gasteiger partial charge in [0.15, 0.2) is 30.5 Å². The van der Waals surface area contributed by atoms with E-state index in [9.17, 15) is 43.5 Å². The molecule has 0 aliphatic carbocycles. The molecule has 4 rings (SSSR count). The summed E-state index contributed by atoms with van der Waals surface area (Å²) in [4.78, 5) is 99.7. The standard InChI is InChI=1S/C34H40O20/c1-15(35)45-13-24-27(49-18(4)38)28(50-19(5)39)29(51-20(6)40)31(52-24)54-34-30(25(14-46-34)48-17(3)37)53-32(42)33(34,43)23(12-26(41)44-7)21-8-10-22(11-9-21)47-16(2)36/h8-11,23-25,27-31,43H,12-14H2,1-7H3/t23-,24-,25+,27-,28+,29-,30-,31+,33-,34-/m1/s1. The van der Waals surface area contributed by atoms with Crippen LogP contribution in [0.4, 0.5) is 0 Å². The molecule has 3 aliphatic heterocycles. The molecule has 3 fully saturated rings. The number of fused-ring (bicyclic) bond motifs is 1. The van der Waals surface area contributed by atoms with Gasteiger partial charge in [0.2, 0.25) is 11.9 Å². The van der Waals surface area contributed by atoms with Gasteiger partial charge in [-0.05, 0) is 17.7 Å². The molecule has 1 aromatic carbocycles. The van der Waals surface area contributed by atoms with Crippen molar-refractivity contribution in [1.82, 2.24) is 0 Å². The van der Waals surface area contributed by atoms with Crippen molar-refractivity contribution >= 4 is 47.8 Å². The summed E-state index contributed by atoms with van der Waals surface area (Å²) in [6, 6.07) is 5.27. The molecule has 0 aromatic heterocycles. The molecule has 0 spiro atoms. The van der Waals surface area contributed by atoms with E-state index in [1.54, 1.807) is 0 Å². The lowest BCUT2D eigenvalue weighted by Gasteiger charge is -2.48. The molecule has 3 heterocycles. The first-order valence-electron chi connectivity index (χ1n) is 16.4. The van der Waals surface area contributed by atoms with Crippen LogP contribution in [0.25, 0.3) is 0 Å². The van der Waals surface area contributed by atoms with Crippen LogP contribution in [0.1, 0.15) is 59.4 Å². The van der Waals surface area contributed by atoms with E-state index in [-0.39, 0.29) is 11.3 Å². The lowest BCUT2D eigenvalue weighted by atomic mass is 9.74. The van der Waals surface area contributed by atoms with Crippen molar-refractivity contribution in [2.24, 2.45) is 0 Å². The van der Waals surface area contributed by atoms with E-state index in [2.05, 4.69) is 0 Å². The normalized spacial score (nSPS) is 30.4. The largest absolute Gasteiger partial charge is 0.469 e. The van der Waals surface area contributed by atoms with Crippen LogP contribution in [0.5, 0.6) is 5.75 Å². The fourth-order valence-corrected chi connectivity index (χ4v) is 6.48. The fourth-order valence-electron chi connectivity index (χ4n) is 6.48. The molecule has 296 valence electrons. The van der Waals surface area contributed by atoms with Gasteiger partial charge in [-0.1, -0.05) is 12.1 Å². The van der Waals surface area contributed by atoms with Crippen molar-refractivity contribution in [3.05, 3.63) is 29.8 Å². The van der Waals surface area contributed by atoms with Gasteiger partial charge in [0.25, 0.3) is 5.79 Å². The predicted molar refractivity (Wildman–Crippen MR) is 169 cm³/mol. The first-order valence-corrected chi connectivity index (χ1v) is 16.4. The van der Waals surface area contributed by atoms with Gasteiger partial charge in [0.05, 0.1) is 20.1 Å². The molecule has 0 radical (unpaired) electrons. The van der Waals surface area contributed by atoms with E-state index < -0.39 is 128 Å². The second-order valence-corrected chi connectivity index (χ2v) is 12.4. The lowest BCUT2D eigenvalue weighted by Crippen LogP contribution is -2.69. The minimum Gasteiger partial charge on any atom is -0.469 e. The van der Waals surface area contributed by atoms with Gasteiger partial charge in [-0.3, -0.25) is 33.6 Å². The highest BCUT2D eigenvalue weighted by atomic mass is 16.8. The van der Waals surface area contributed by atoms with Gasteiger partial charge in [-0.25, -0.2) is 4.79 Å². The van der Waals surface area contributed by atoms with Crippen molar-refractivity contribution in [3.8, 4) is 5.75 Å². The SMILES string of the molecule is COC(=O)C[C@H](c1ccc(OC(C)=O)cc1)[C@@]1(O)C(=O)O[C@@H]2[C@@H](OC(C)=O)CO[C@@]21O[C@@H]1O[C@H](COC(C)=O)[C@@H](OC(C)=O)[C@H](OC(C)=O)[C@H]1OC(C)=O. The number of hydrogen-bond donors (Lipinski definition) is 1. The third kappa shape index (κ3) is 8.78. The van der Waals surface area contributed by atoms with Gasteiger partial charge in [-0.15, -0.1) is 0 Å². The number of ether oxygens (including phenoxy) is 11. The van der Waals surface area contributed by atoms with Crippen LogP contribution in [0.15, 0.2) is 24.3 Å². The molecule has 10 atom stereocenters. The highest BCUT2D eigenvalue weighted by Gasteiger charge is 2.79. The third-order valence-corrected chi connectivity index (χ3v) is 8.45. The Balaban J connectivity index is 1.94. The predicted octanol–water partition coefficient (Wildman–Crippen LogP) is -0.327. The molecule has 1 aromatic rings. The van der Waals surface area contributed by atoms with Crippen LogP contribution in [0, 0.1) is 0 Å². The Morgan fingerprint density at radius 1 is 0.796 bits per heavy atom. The maximum absolute atomic E-state index is 14.1. The van der Waals surface area contributed by atoms with Crippen LogP contribution in [0.3, 0.4) is 0 Å². The van der Waals surface area contributed by atoms with E-state index in [4.69, 9.17) is 52.1 Å². The Hall–Kier alpha value is -5.18. The average molecular weight is 769 g/mol. The Bertz CT molecular complexity index is 1640. The van der Waals surface area contributed by atoms with E-state index in [0.717, 1.165) is 48.7 Å². The van der Waals surface area contributed by atoms with E-state index in [1.807, 2.05) is 0 Å². The summed E-state index contributed by atoms with van der Waals surface area (Å²) in [7, 11) is 1.05. The van der Waals surface area contributed by atoms with Gasteiger partial charge in [0, 0.05) is 47.5 Å². The summed E-state index contributed by atoms with van der Waals surface area (Å²) in [6.45, 7) is 5.02. The number of hydrogen-bond acceptors (Lipinski definition) is 20. The summed E-state index contributed by atoms with van der Waals surface area (Å²) < 4.78 is 60.9. The molecule has 3 aliphatic rings. The molecule has 20 nitrogen and oxygen atoms in total. The van der Waals surface area contributed by atoms with E-state index in [0.29, 0.717) is 0 Å². The highest BCUT2D eigenvalue weighted by Crippen LogP contribution is 2.55. The fraction of sp³-hybridized carbons (Fsp3) is 0.588. The Kier molecular flexibility index (Phi) is 13.0. The number of benzene rings is 1. The Labute approximate surface area is 307 Å². The maximum atomic E-state index is 14.1. The molecule has 0 amide bonds. The monoisotopic (exact) mass is 768 g/mol. The van der Waals surface area contributed by atoms with Crippen LogP contribution in [0.2, 0.25) is 0 Å². The van der Waals surface area contributed by atoms with Crippen molar-refractivity contribution in [2.45, 2.75) is 108 Å². The van der Waals surface area contributed by atoms with Crippen LogP contribution in [-0.2, 0) is 85.7 Å². The van der Waals surface area contributed by atoms with E-state index in [1.165, 1.54) is 24.3 Å². The van der Waals surface area contributed by atoms with Gasteiger partial charge >= 0.3 is 47.8 Å². The number of esters is 8. The minimum atomic E-state index is -3.08. The Morgan fingerprint density at radius 3 is 1.91 bits per heavy atom. The molecule has 0 saturated carbocycles. The number of carbonyl (C=O) groups excluding carboxylic acids is 8. The second-order valence-electron chi connectivity index (χ2n) is 12.4.